The monoisotopic (exact) mass is 280 g/mol. The Hall–Kier alpha value is -1.10. The van der Waals surface area contributed by atoms with Crippen molar-refractivity contribution < 1.29 is 14.7 Å². The third-order valence-electron chi connectivity index (χ3n) is 5.23. The maximum Gasteiger partial charge on any atom is 0.326 e. The number of likely N-dealkylation sites (tertiary alicyclic amines) is 1. The first-order valence-electron chi connectivity index (χ1n) is 7.96. The van der Waals surface area contributed by atoms with Crippen molar-refractivity contribution >= 4 is 11.9 Å². The first-order valence-corrected chi connectivity index (χ1v) is 7.96. The average Bonchev–Trinajstić information content (AvgIpc) is 2.90. The molecule has 2 heterocycles. The van der Waals surface area contributed by atoms with E-state index in [4.69, 9.17) is 0 Å². The van der Waals surface area contributed by atoms with Crippen molar-refractivity contribution in [1.82, 2.24) is 10.2 Å². The molecule has 0 radical (unpaired) electrons. The Bertz CT molecular complexity index is 385. The quantitative estimate of drug-likeness (QED) is 0.801. The second kappa shape index (κ2) is 5.72. The molecule has 2 aliphatic heterocycles. The highest BCUT2D eigenvalue weighted by Crippen LogP contribution is 2.34. The van der Waals surface area contributed by atoms with Crippen LogP contribution in [0.1, 0.15) is 51.4 Å². The minimum Gasteiger partial charge on any atom is -0.480 e. The molecule has 20 heavy (non-hydrogen) atoms. The highest BCUT2D eigenvalue weighted by atomic mass is 16.4. The molecule has 1 aliphatic carbocycles. The molecule has 4 atom stereocenters. The molecule has 5 nitrogen and oxygen atoms in total. The van der Waals surface area contributed by atoms with Gasteiger partial charge >= 0.3 is 5.97 Å². The van der Waals surface area contributed by atoms with E-state index in [1.807, 2.05) is 0 Å². The fourth-order valence-corrected chi connectivity index (χ4v) is 4.16. The number of fused-ring (bicyclic) bond motifs is 1. The van der Waals surface area contributed by atoms with Crippen LogP contribution in [0.3, 0.4) is 0 Å². The summed E-state index contributed by atoms with van der Waals surface area (Å²) in [6.07, 6.45) is 8.22. The number of nitrogens with zero attached hydrogens (tertiary/aromatic N) is 1. The molecule has 112 valence electrons. The summed E-state index contributed by atoms with van der Waals surface area (Å²) >= 11 is 0. The van der Waals surface area contributed by atoms with Gasteiger partial charge in [0.15, 0.2) is 0 Å². The molecule has 2 saturated heterocycles. The fourth-order valence-electron chi connectivity index (χ4n) is 4.16. The number of rotatable bonds is 2. The van der Waals surface area contributed by atoms with E-state index in [0.717, 1.165) is 25.7 Å². The van der Waals surface area contributed by atoms with E-state index >= 15 is 0 Å². The lowest BCUT2D eigenvalue weighted by molar-refractivity contribution is -0.152. The molecule has 0 aromatic rings. The molecule has 3 fully saturated rings. The Morgan fingerprint density at radius 2 is 1.80 bits per heavy atom. The molecular formula is C15H24N2O3. The molecule has 3 rings (SSSR count). The number of hydrogen-bond acceptors (Lipinski definition) is 3. The molecule has 3 aliphatic rings. The van der Waals surface area contributed by atoms with E-state index in [2.05, 4.69) is 5.32 Å². The van der Waals surface area contributed by atoms with E-state index in [9.17, 15) is 14.7 Å². The van der Waals surface area contributed by atoms with Gasteiger partial charge in [0.1, 0.15) is 6.04 Å². The second-order valence-electron chi connectivity index (χ2n) is 6.49. The van der Waals surface area contributed by atoms with Crippen LogP contribution in [0.25, 0.3) is 0 Å². The number of hydrogen-bond donors (Lipinski definition) is 2. The molecule has 1 saturated carbocycles. The van der Waals surface area contributed by atoms with Crippen molar-refractivity contribution in [2.45, 2.75) is 69.5 Å². The minimum absolute atomic E-state index is 0.0199. The number of nitrogens with one attached hydrogen (secondary N) is 1. The predicted molar refractivity (Wildman–Crippen MR) is 74.3 cm³/mol. The van der Waals surface area contributed by atoms with E-state index < -0.39 is 12.0 Å². The van der Waals surface area contributed by atoms with Crippen LogP contribution in [0.4, 0.5) is 0 Å². The summed E-state index contributed by atoms with van der Waals surface area (Å²) < 4.78 is 0. The molecule has 1 amide bonds. The maximum atomic E-state index is 12.7. The van der Waals surface area contributed by atoms with Crippen LogP contribution in [0.2, 0.25) is 0 Å². The predicted octanol–water partition coefficient (Wildman–Crippen LogP) is 1.37. The molecule has 2 N–H and O–H groups in total. The van der Waals surface area contributed by atoms with E-state index in [1.165, 1.54) is 19.3 Å². The molecule has 3 unspecified atom stereocenters. The van der Waals surface area contributed by atoms with Gasteiger partial charge in [0.05, 0.1) is 6.04 Å². The zero-order chi connectivity index (χ0) is 14.1. The standard InChI is InChI=1S/C15H24N2O3/c18-14(17-8-4-3-7-13(17)15(19)20)12-9-10-5-1-2-6-11(10)16-12/h10-13,16H,1-9H2,(H,19,20)/t10?,11?,12?,13-/m0/s1. The van der Waals surface area contributed by atoms with Gasteiger partial charge in [-0.2, -0.15) is 0 Å². The maximum absolute atomic E-state index is 12.7. The topological polar surface area (TPSA) is 69.6 Å². The summed E-state index contributed by atoms with van der Waals surface area (Å²) in [4.78, 5) is 25.6. The normalized spacial score (nSPS) is 37.5. The lowest BCUT2D eigenvalue weighted by atomic mass is 9.85. The Labute approximate surface area is 119 Å². The van der Waals surface area contributed by atoms with Gasteiger partial charge in [0, 0.05) is 12.6 Å². The van der Waals surface area contributed by atoms with E-state index in [-0.39, 0.29) is 11.9 Å². The summed E-state index contributed by atoms with van der Waals surface area (Å²) in [5, 5.41) is 12.8. The summed E-state index contributed by atoms with van der Waals surface area (Å²) in [6.45, 7) is 0.601. The first-order chi connectivity index (χ1) is 9.66. The number of amides is 1. The van der Waals surface area contributed by atoms with Gasteiger partial charge in [-0.25, -0.2) is 4.79 Å². The summed E-state index contributed by atoms with van der Waals surface area (Å²) in [5.41, 5.74) is 0. The Balaban J connectivity index is 1.67. The highest BCUT2D eigenvalue weighted by molar-refractivity contribution is 5.87. The number of carboxylic acids is 1. The molecular weight excluding hydrogens is 256 g/mol. The van der Waals surface area contributed by atoms with Gasteiger partial charge in [-0.15, -0.1) is 0 Å². The van der Waals surface area contributed by atoms with Gasteiger partial charge in [-0.05, 0) is 44.4 Å². The van der Waals surface area contributed by atoms with Crippen LogP contribution in [-0.4, -0.2) is 46.6 Å². The third kappa shape index (κ3) is 2.55. The van der Waals surface area contributed by atoms with Gasteiger partial charge in [0.25, 0.3) is 0 Å². The van der Waals surface area contributed by atoms with Crippen molar-refractivity contribution in [3.8, 4) is 0 Å². The van der Waals surface area contributed by atoms with Crippen molar-refractivity contribution in [2.75, 3.05) is 6.54 Å². The molecule has 0 spiro atoms. The van der Waals surface area contributed by atoms with Crippen molar-refractivity contribution in [3.05, 3.63) is 0 Å². The van der Waals surface area contributed by atoms with Gasteiger partial charge < -0.3 is 15.3 Å². The van der Waals surface area contributed by atoms with Gasteiger partial charge in [-0.1, -0.05) is 12.8 Å². The van der Waals surface area contributed by atoms with Gasteiger partial charge in [0.2, 0.25) is 5.91 Å². The number of carbonyl (C=O) groups excluding carboxylic acids is 1. The second-order valence-corrected chi connectivity index (χ2v) is 6.49. The Morgan fingerprint density at radius 3 is 2.55 bits per heavy atom. The van der Waals surface area contributed by atoms with Crippen molar-refractivity contribution in [1.29, 1.82) is 0 Å². The first kappa shape index (κ1) is 13.9. The number of carboxylic acid groups (broad SMARTS) is 1. The zero-order valence-corrected chi connectivity index (χ0v) is 11.9. The smallest absolute Gasteiger partial charge is 0.326 e. The Morgan fingerprint density at radius 1 is 1.05 bits per heavy atom. The minimum atomic E-state index is -0.853. The third-order valence-corrected chi connectivity index (χ3v) is 5.23. The summed E-state index contributed by atoms with van der Waals surface area (Å²) in [7, 11) is 0. The number of piperidine rings is 1. The van der Waals surface area contributed by atoms with E-state index in [0.29, 0.717) is 24.9 Å². The van der Waals surface area contributed by atoms with Crippen LogP contribution in [0, 0.1) is 5.92 Å². The lowest BCUT2D eigenvalue weighted by Crippen LogP contribution is -2.53. The molecule has 0 bridgehead atoms. The molecule has 0 aromatic heterocycles. The average molecular weight is 280 g/mol. The van der Waals surface area contributed by atoms with Crippen LogP contribution < -0.4 is 5.32 Å². The van der Waals surface area contributed by atoms with Crippen molar-refractivity contribution in [3.63, 3.8) is 0 Å². The Kier molecular flexibility index (Phi) is 3.96. The number of aliphatic carboxylic acids is 1. The van der Waals surface area contributed by atoms with Crippen LogP contribution in [0.5, 0.6) is 0 Å². The fraction of sp³-hybridized carbons (Fsp3) is 0.867. The largest absolute Gasteiger partial charge is 0.480 e. The SMILES string of the molecule is O=C(O)[C@@H]1CCCCN1C(=O)C1CC2CCCCC2N1. The van der Waals surface area contributed by atoms with E-state index in [1.54, 1.807) is 4.90 Å². The van der Waals surface area contributed by atoms with Crippen LogP contribution >= 0.6 is 0 Å². The zero-order valence-electron chi connectivity index (χ0n) is 11.9. The molecule has 0 aromatic carbocycles. The van der Waals surface area contributed by atoms with Crippen LogP contribution in [0.15, 0.2) is 0 Å². The summed E-state index contributed by atoms with van der Waals surface area (Å²) in [6, 6.07) is -0.283. The molecule has 5 heteroatoms. The van der Waals surface area contributed by atoms with Crippen molar-refractivity contribution in [2.24, 2.45) is 5.92 Å². The highest BCUT2D eigenvalue weighted by Gasteiger charge is 2.42. The van der Waals surface area contributed by atoms with Gasteiger partial charge in [-0.3, -0.25) is 4.79 Å². The lowest BCUT2D eigenvalue weighted by Gasteiger charge is -2.34. The number of carbonyl (C=O) groups is 2. The van der Waals surface area contributed by atoms with Crippen LogP contribution in [-0.2, 0) is 9.59 Å². The summed E-state index contributed by atoms with van der Waals surface area (Å²) in [5.74, 6) is -0.217.